The van der Waals surface area contributed by atoms with Crippen LogP contribution in [0.15, 0.2) is 29.1 Å². The van der Waals surface area contributed by atoms with E-state index in [4.69, 9.17) is 11.6 Å². The van der Waals surface area contributed by atoms with Crippen LogP contribution in [0.5, 0.6) is 0 Å². The standard InChI is InChI=1S/C16H22ClN3O/c1-11(9-10-19(3)4)20-15(12(2)17)18-14-8-6-5-7-13(14)16(20)21/h5-8,11-12H,9-10H2,1-4H3. The first-order chi connectivity index (χ1) is 9.91. The number of nitrogens with zero attached hydrogens (tertiary/aromatic N) is 3. The van der Waals surface area contributed by atoms with Gasteiger partial charge in [0.15, 0.2) is 0 Å². The molecule has 0 aliphatic heterocycles. The molecule has 0 saturated heterocycles. The fourth-order valence-corrected chi connectivity index (χ4v) is 2.60. The molecular formula is C16H22ClN3O. The largest absolute Gasteiger partial charge is 0.309 e. The lowest BCUT2D eigenvalue weighted by Crippen LogP contribution is -2.30. The minimum Gasteiger partial charge on any atom is -0.309 e. The Labute approximate surface area is 130 Å². The number of hydrogen-bond acceptors (Lipinski definition) is 3. The van der Waals surface area contributed by atoms with Crippen molar-refractivity contribution in [3.05, 3.63) is 40.4 Å². The molecule has 2 aromatic rings. The first-order valence-corrected chi connectivity index (χ1v) is 7.65. The zero-order valence-electron chi connectivity index (χ0n) is 13.0. The van der Waals surface area contributed by atoms with Crippen LogP contribution in [0, 0.1) is 0 Å². The van der Waals surface area contributed by atoms with Gasteiger partial charge in [-0.3, -0.25) is 9.36 Å². The van der Waals surface area contributed by atoms with Gasteiger partial charge in [0, 0.05) is 6.04 Å². The highest BCUT2D eigenvalue weighted by Gasteiger charge is 2.18. The summed E-state index contributed by atoms with van der Waals surface area (Å²) in [7, 11) is 4.05. The van der Waals surface area contributed by atoms with Gasteiger partial charge < -0.3 is 4.90 Å². The SMILES string of the molecule is CC(Cl)c1nc2ccccc2c(=O)n1C(C)CCN(C)C. The molecule has 114 valence electrons. The van der Waals surface area contributed by atoms with E-state index in [9.17, 15) is 4.79 Å². The number of fused-ring (bicyclic) bond motifs is 1. The molecule has 0 aliphatic carbocycles. The number of benzene rings is 1. The molecule has 2 unspecified atom stereocenters. The second kappa shape index (κ2) is 6.58. The van der Waals surface area contributed by atoms with Crippen molar-refractivity contribution in [2.75, 3.05) is 20.6 Å². The second-order valence-corrected chi connectivity index (χ2v) is 6.37. The third kappa shape index (κ3) is 3.44. The molecule has 4 nitrogen and oxygen atoms in total. The van der Waals surface area contributed by atoms with Gasteiger partial charge in [0.25, 0.3) is 5.56 Å². The van der Waals surface area contributed by atoms with Crippen molar-refractivity contribution in [3.8, 4) is 0 Å². The number of hydrogen-bond donors (Lipinski definition) is 0. The predicted octanol–water partition coefficient (Wildman–Crippen LogP) is 3.21. The highest BCUT2D eigenvalue weighted by Crippen LogP contribution is 2.22. The van der Waals surface area contributed by atoms with Crippen molar-refractivity contribution in [3.63, 3.8) is 0 Å². The Hall–Kier alpha value is -1.39. The fraction of sp³-hybridized carbons (Fsp3) is 0.500. The molecule has 0 spiro atoms. The molecule has 2 atom stereocenters. The van der Waals surface area contributed by atoms with Gasteiger partial charge >= 0.3 is 0 Å². The number of para-hydroxylation sites is 1. The van der Waals surface area contributed by atoms with Gasteiger partial charge in [-0.15, -0.1) is 11.6 Å². The van der Waals surface area contributed by atoms with Crippen LogP contribution in [0.1, 0.15) is 37.5 Å². The molecule has 5 heteroatoms. The number of halogens is 1. The summed E-state index contributed by atoms with van der Waals surface area (Å²) in [6.07, 6.45) is 0.879. The molecular weight excluding hydrogens is 286 g/mol. The third-order valence-electron chi connectivity index (χ3n) is 3.63. The van der Waals surface area contributed by atoms with Gasteiger partial charge in [-0.1, -0.05) is 12.1 Å². The third-order valence-corrected chi connectivity index (χ3v) is 3.82. The zero-order chi connectivity index (χ0) is 15.6. The summed E-state index contributed by atoms with van der Waals surface area (Å²) in [4.78, 5) is 19.5. The van der Waals surface area contributed by atoms with Crippen molar-refractivity contribution < 1.29 is 0 Å². The molecule has 0 fully saturated rings. The molecule has 1 aromatic carbocycles. The van der Waals surface area contributed by atoms with Gasteiger partial charge in [-0.2, -0.15) is 0 Å². The summed E-state index contributed by atoms with van der Waals surface area (Å²) in [5, 5.41) is 0.347. The Bertz CT molecular complexity index is 679. The summed E-state index contributed by atoms with van der Waals surface area (Å²) >= 11 is 6.25. The van der Waals surface area contributed by atoms with E-state index in [1.165, 1.54) is 0 Å². The van der Waals surface area contributed by atoms with E-state index < -0.39 is 0 Å². The van der Waals surface area contributed by atoms with Crippen LogP contribution in [0.3, 0.4) is 0 Å². The minimum absolute atomic E-state index is 0.00523. The number of rotatable bonds is 5. The van der Waals surface area contributed by atoms with E-state index in [0.29, 0.717) is 16.7 Å². The van der Waals surface area contributed by atoms with Gasteiger partial charge in [-0.05, 0) is 53.0 Å². The minimum atomic E-state index is -0.302. The molecule has 0 radical (unpaired) electrons. The number of alkyl halides is 1. The van der Waals surface area contributed by atoms with E-state index in [0.717, 1.165) is 13.0 Å². The summed E-state index contributed by atoms with van der Waals surface area (Å²) < 4.78 is 1.75. The molecule has 21 heavy (non-hydrogen) atoms. The van der Waals surface area contributed by atoms with Crippen LogP contribution in [-0.2, 0) is 0 Å². The van der Waals surface area contributed by atoms with Crippen molar-refractivity contribution in [2.45, 2.75) is 31.7 Å². The van der Waals surface area contributed by atoms with Crippen LogP contribution in [0.25, 0.3) is 10.9 Å². The van der Waals surface area contributed by atoms with Crippen LogP contribution in [-0.4, -0.2) is 35.1 Å². The van der Waals surface area contributed by atoms with Gasteiger partial charge in [-0.25, -0.2) is 4.98 Å². The van der Waals surface area contributed by atoms with Crippen molar-refractivity contribution in [2.24, 2.45) is 0 Å². The van der Waals surface area contributed by atoms with E-state index in [2.05, 4.69) is 9.88 Å². The van der Waals surface area contributed by atoms with Crippen LogP contribution >= 0.6 is 11.6 Å². The molecule has 0 aliphatic rings. The summed E-state index contributed by atoms with van der Waals surface area (Å²) in [5.41, 5.74) is 0.704. The first-order valence-electron chi connectivity index (χ1n) is 7.21. The lowest BCUT2D eigenvalue weighted by atomic mass is 10.1. The van der Waals surface area contributed by atoms with Gasteiger partial charge in [0.1, 0.15) is 5.82 Å². The maximum atomic E-state index is 12.8. The maximum absolute atomic E-state index is 12.8. The predicted molar refractivity (Wildman–Crippen MR) is 88.2 cm³/mol. The molecule has 1 aromatic heterocycles. The van der Waals surface area contributed by atoms with Crippen molar-refractivity contribution in [1.82, 2.24) is 14.5 Å². The van der Waals surface area contributed by atoms with E-state index in [-0.39, 0.29) is 17.0 Å². The Morgan fingerprint density at radius 1 is 1.29 bits per heavy atom. The van der Waals surface area contributed by atoms with Gasteiger partial charge in [0.05, 0.1) is 16.3 Å². The van der Waals surface area contributed by atoms with Gasteiger partial charge in [0.2, 0.25) is 0 Å². The molecule has 0 N–H and O–H groups in total. The lowest BCUT2D eigenvalue weighted by Gasteiger charge is -2.22. The second-order valence-electron chi connectivity index (χ2n) is 5.72. The Morgan fingerprint density at radius 2 is 1.95 bits per heavy atom. The molecule has 0 saturated carbocycles. The average Bonchev–Trinajstić information content (AvgIpc) is 2.44. The van der Waals surface area contributed by atoms with Crippen LogP contribution in [0.2, 0.25) is 0 Å². The highest BCUT2D eigenvalue weighted by molar-refractivity contribution is 6.20. The smallest absolute Gasteiger partial charge is 0.261 e. The zero-order valence-corrected chi connectivity index (χ0v) is 13.8. The maximum Gasteiger partial charge on any atom is 0.261 e. The Kier molecular flexibility index (Phi) is 5.01. The van der Waals surface area contributed by atoms with E-state index >= 15 is 0 Å². The Morgan fingerprint density at radius 3 is 2.57 bits per heavy atom. The molecule has 0 bridgehead atoms. The number of aromatic nitrogens is 2. The lowest BCUT2D eigenvalue weighted by molar-refractivity contribution is 0.350. The summed E-state index contributed by atoms with van der Waals surface area (Å²) in [6.45, 7) is 4.81. The normalized spacial score (nSPS) is 14.6. The van der Waals surface area contributed by atoms with Crippen molar-refractivity contribution >= 4 is 22.5 Å². The quantitative estimate of drug-likeness (QED) is 0.796. The van der Waals surface area contributed by atoms with Crippen molar-refractivity contribution in [1.29, 1.82) is 0 Å². The van der Waals surface area contributed by atoms with Crippen LogP contribution in [0.4, 0.5) is 0 Å². The van der Waals surface area contributed by atoms with Crippen LogP contribution < -0.4 is 5.56 Å². The van der Waals surface area contributed by atoms with E-state index in [1.54, 1.807) is 4.57 Å². The molecule has 1 heterocycles. The molecule has 0 amide bonds. The first kappa shape index (κ1) is 16.0. The molecule has 2 rings (SSSR count). The Balaban J connectivity index is 2.56. The monoisotopic (exact) mass is 307 g/mol. The summed E-state index contributed by atoms with van der Waals surface area (Å²) in [6, 6.07) is 7.49. The summed E-state index contributed by atoms with van der Waals surface area (Å²) in [5.74, 6) is 0.645. The average molecular weight is 308 g/mol. The topological polar surface area (TPSA) is 38.1 Å². The highest BCUT2D eigenvalue weighted by atomic mass is 35.5. The van der Waals surface area contributed by atoms with E-state index in [1.807, 2.05) is 52.2 Å². The fourth-order valence-electron chi connectivity index (χ4n) is 2.44.